The molecule has 2 heterocycles. The van der Waals surface area contributed by atoms with E-state index in [1.54, 1.807) is 12.3 Å². The van der Waals surface area contributed by atoms with Crippen LogP contribution in [0.25, 0.3) is 5.65 Å². The molecule has 0 saturated heterocycles. The molecule has 0 aliphatic rings. The van der Waals surface area contributed by atoms with Crippen LogP contribution in [0.2, 0.25) is 0 Å². The summed E-state index contributed by atoms with van der Waals surface area (Å²) >= 11 is 0. The molecule has 2 aromatic rings. The molecule has 0 unspecified atom stereocenters. The topological polar surface area (TPSA) is 70.7 Å². The second kappa shape index (κ2) is 4.50. The molecule has 6 nitrogen and oxygen atoms in total. The maximum Gasteiger partial charge on any atom is 0.339 e. The Morgan fingerprint density at radius 2 is 2.29 bits per heavy atom. The first-order chi connectivity index (χ1) is 8.08. The molecule has 2 aromatic heterocycles. The summed E-state index contributed by atoms with van der Waals surface area (Å²) in [4.78, 5) is 17.3. The summed E-state index contributed by atoms with van der Waals surface area (Å²) in [5.41, 5.74) is 0.574. The van der Waals surface area contributed by atoms with E-state index < -0.39 is 5.97 Å². The lowest BCUT2D eigenvalue weighted by molar-refractivity contribution is 0.0698. The van der Waals surface area contributed by atoms with Crippen LogP contribution < -0.4 is 0 Å². The summed E-state index contributed by atoms with van der Waals surface area (Å²) in [6.45, 7) is 0.833. The number of aromatic carboxylic acids is 1. The SMILES string of the molecule is CN(C)CCc1nc2c(C(=O)O)cccn2n1. The Kier molecular flexibility index (Phi) is 3.06. The number of fused-ring (bicyclic) bond motifs is 1. The summed E-state index contributed by atoms with van der Waals surface area (Å²) < 4.78 is 1.51. The van der Waals surface area contributed by atoms with Crippen molar-refractivity contribution in [3.05, 3.63) is 29.7 Å². The molecule has 0 aliphatic heterocycles. The zero-order valence-corrected chi connectivity index (χ0v) is 9.79. The minimum atomic E-state index is -0.984. The lowest BCUT2D eigenvalue weighted by Crippen LogP contribution is -2.15. The Bertz CT molecular complexity index is 547. The van der Waals surface area contributed by atoms with Crippen molar-refractivity contribution in [2.24, 2.45) is 0 Å². The third-order valence-corrected chi connectivity index (χ3v) is 2.42. The molecule has 90 valence electrons. The van der Waals surface area contributed by atoms with Crippen LogP contribution in [0, 0.1) is 0 Å². The van der Waals surface area contributed by atoms with Crippen molar-refractivity contribution in [1.82, 2.24) is 19.5 Å². The summed E-state index contributed by atoms with van der Waals surface area (Å²) in [6.07, 6.45) is 2.40. The predicted octanol–water partition coefficient (Wildman–Crippen LogP) is 0.532. The number of carbonyl (C=O) groups is 1. The number of carboxylic acid groups (broad SMARTS) is 1. The number of likely N-dealkylation sites (N-methyl/N-ethyl adjacent to an activating group) is 1. The standard InChI is InChI=1S/C11H14N4O2/c1-14(2)7-5-9-12-10-8(11(16)17)4-3-6-15(10)13-9/h3-4,6H,5,7H2,1-2H3,(H,16,17). The van der Waals surface area contributed by atoms with E-state index in [0.29, 0.717) is 17.9 Å². The highest BCUT2D eigenvalue weighted by Crippen LogP contribution is 2.09. The largest absolute Gasteiger partial charge is 0.478 e. The first-order valence-corrected chi connectivity index (χ1v) is 5.30. The van der Waals surface area contributed by atoms with Gasteiger partial charge in [0.1, 0.15) is 5.56 Å². The first-order valence-electron chi connectivity index (χ1n) is 5.30. The molecular formula is C11H14N4O2. The monoisotopic (exact) mass is 234 g/mol. The van der Waals surface area contributed by atoms with Crippen LogP contribution in [-0.2, 0) is 6.42 Å². The Labute approximate surface area is 98.5 Å². The second-order valence-electron chi connectivity index (χ2n) is 4.08. The number of hydrogen-bond acceptors (Lipinski definition) is 4. The molecule has 0 aromatic carbocycles. The number of pyridine rings is 1. The van der Waals surface area contributed by atoms with Gasteiger partial charge < -0.3 is 10.0 Å². The maximum atomic E-state index is 11.0. The number of rotatable bonds is 4. The maximum absolute atomic E-state index is 11.0. The number of aromatic nitrogens is 3. The number of hydrogen-bond donors (Lipinski definition) is 1. The number of carboxylic acids is 1. The van der Waals surface area contributed by atoms with Crippen molar-refractivity contribution in [1.29, 1.82) is 0 Å². The zero-order valence-electron chi connectivity index (χ0n) is 9.79. The van der Waals surface area contributed by atoms with Gasteiger partial charge in [0, 0.05) is 19.2 Å². The van der Waals surface area contributed by atoms with E-state index in [1.807, 2.05) is 19.0 Å². The second-order valence-corrected chi connectivity index (χ2v) is 4.08. The minimum Gasteiger partial charge on any atom is -0.478 e. The Morgan fingerprint density at radius 1 is 1.53 bits per heavy atom. The summed E-state index contributed by atoms with van der Waals surface area (Å²) in [5.74, 6) is -0.324. The van der Waals surface area contributed by atoms with Crippen LogP contribution in [0.5, 0.6) is 0 Å². The van der Waals surface area contributed by atoms with Crippen molar-refractivity contribution in [2.75, 3.05) is 20.6 Å². The zero-order chi connectivity index (χ0) is 12.4. The highest BCUT2D eigenvalue weighted by molar-refractivity contribution is 5.94. The van der Waals surface area contributed by atoms with Crippen LogP contribution in [0.15, 0.2) is 18.3 Å². The first kappa shape index (κ1) is 11.5. The van der Waals surface area contributed by atoms with Gasteiger partial charge in [0.15, 0.2) is 11.5 Å². The van der Waals surface area contributed by atoms with Crippen molar-refractivity contribution < 1.29 is 9.90 Å². The van der Waals surface area contributed by atoms with Crippen LogP contribution in [0.3, 0.4) is 0 Å². The fraction of sp³-hybridized carbons (Fsp3) is 0.364. The van der Waals surface area contributed by atoms with Crippen LogP contribution in [0.4, 0.5) is 0 Å². The molecule has 6 heteroatoms. The van der Waals surface area contributed by atoms with Gasteiger partial charge in [-0.3, -0.25) is 0 Å². The molecule has 0 radical (unpaired) electrons. The van der Waals surface area contributed by atoms with Crippen molar-refractivity contribution in [3.8, 4) is 0 Å². The van der Waals surface area contributed by atoms with Gasteiger partial charge in [0.2, 0.25) is 0 Å². The van der Waals surface area contributed by atoms with E-state index in [2.05, 4.69) is 10.1 Å². The summed E-state index contributed by atoms with van der Waals surface area (Å²) in [6, 6.07) is 3.18. The molecule has 0 atom stereocenters. The normalized spacial score (nSPS) is 11.2. The Hall–Kier alpha value is -1.95. The van der Waals surface area contributed by atoms with Gasteiger partial charge in [-0.2, -0.15) is 5.10 Å². The van der Waals surface area contributed by atoms with Gasteiger partial charge in [-0.1, -0.05) is 0 Å². The molecule has 2 rings (SSSR count). The van der Waals surface area contributed by atoms with Crippen molar-refractivity contribution in [3.63, 3.8) is 0 Å². The molecule has 0 amide bonds. The van der Waals surface area contributed by atoms with Crippen molar-refractivity contribution >= 4 is 11.6 Å². The molecular weight excluding hydrogens is 220 g/mol. The highest BCUT2D eigenvalue weighted by Gasteiger charge is 2.12. The van der Waals surface area contributed by atoms with Gasteiger partial charge in [0.05, 0.1) is 0 Å². The van der Waals surface area contributed by atoms with Crippen molar-refractivity contribution in [2.45, 2.75) is 6.42 Å². The number of nitrogens with zero attached hydrogens (tertiary/aromatic N) is 4. The molecule has 0 bridgehead atoms. The molecule has 1 N–H and O–H groups in total. The average Bonchev–Trinajstić information content (AvgIpc) is 2.68. The van der Waals surface area contributed by atoms with Gasteiger partial charge >= 0.3 is 5.97 Å². The molecule has 0 fully saturated rings. The van der Waals surface area contributed by atoms with E-state index in [9.17, 15) is 4.79 Å². The van der Waals surface area contributed by atoms with E-state index >= 15 is 0 Å². The lowest BCUT2D eigenvalue weighted by Gasteiger charge is -2.05. The minimum absolute atomic E-state index is 0.177. The van der Waals surface area contributed by atoms with E-state index in [-0.39, 0.29) is 5.56 Å². The van der Waals surface area contributed by atoms with E-state index in [0.717, 1.165) is 6.54 Å². The molecule has 17 heavy (non-hydrogen) atoms. The van der Waals surface area contributed by atoms with Gasteiger partial charge in [0.25, 0.3) is 0 Å². The van der Waals surface area contributed by atoms with Crippen LogP contribution in [0.1, 0.15) is 16.2 Å². The highest BCUT2D eigenvalue weighted by atomic mass is 16.4. The van der Waals surface area contributed by atoms with E-state index in [4.69, 9.17) is 5.11 Å². The lowest BCUT2D eigenvalue weighted by atomic mass is 10.3. The Balaban J connectivity index is 2.36. The smallest absolute Gasteiger partial charge is 0.339 e. The Morgan fingerprint density at radius 3 is 2.94 bits per heavy atom. The third kappa shape index (κ3) is 2.42. The predicted molar refractivity (Wildman–Crippen MR) is 62.2 cm³/mol. The summed E-state index contributed by atoms with van der Waals surface area (Å²) in [7, 11) is 3.94. The van der Waals surface area contributed by atoms with Crippen LogP contribution >= 0.6 is 0 Å². The molecule has 0 aliphatic carbocycles. The van der Waals surface area contributed by atoms with Gasteiger partial charge in [-0.15, -0.1) is 0 Å². The molecule has 0 spiro atoms. The fourth-order valence-electron chi connectivity index (χ4n) is 1.55. The fourth-order valence-corrected chi connectivity index (χ4v) is 1.55. The van der Waals surface area contributed by atoms with Gasteiger partial charge in [-0.05, 0) is 26.2 Å². The van der Waals surface area contributed by atoms with Gasteiger partial charge in [-0.25, -0.2) is 14.3 Å². The van der Waals surface area contributed by atoms with E-state index in [1.165, 1.54) is 10.6 Å². The quantitative estimate of drug-likeness (QED) is 0.835. The van der Waals surface area contributed by atoms with Crippen LogP contribution in [-0.4, -0.2) is 51.2 Å². The molecule has 0 saturated carbocycles. The average molecular weight is 234 g/mol. The summed E-state index contributed by atoms with van der Waals surface area (Å²) in [5, 5.41) is 13.3. The third-order valence-electron chi connectivity index (χ3n) is 2.42.